The fourth-order valence-electron chi connectivity index (χ4n) is 1.75. The first-order valence-electron chi connectivity index (χ1n) is 5.66. The smallest absolute Gasteiger partial charge is 0.276 e. The highest BCUT2D eigenvalue weighted by molar-refractivity contribution is 5.61. The number of hydrogen-bond acceptors (Lipinski definition) is 4. The van der Waals surface area contributed by atoms with E-state index >= 15 is 0 Å². The normalized spacial score (nSPS) is 10.5. The van der Waals surface area contributed by atoms with E-state index in [1.165, 1.54) is 0 Å². The van der Waals surface area contributed by atoms with Gasteiger partial charge in [0, 0.05) is 11.8 Å². The van der Waals surface area contributed by atoms with Crippen molar-refractivity contribution >= 4 is 0 Å². The van der Waals surface area contributed by atoms with Crippen LogP contribution < -0.4 is 0 Å². The first-order valence-corrected chi connectivity index (χ1v) is 5.66. The molecule has 0 aliphatic rings. The van der Waals surface area contributed by atoms with Gasteiger partial charge in [0.15, 0.2) is 0 Å². The Morgan fingerprint density at radius 2 is 1.83 bits per heavy atom. The summed E-state index contributed by atoms with van der Waals surface area (Å²) in [6.45, 7) is 2.02. The predicted molar refractivity (Wildman–Crippen MR) is 67.7 cm³/mol. The van der Waals surface area contributed by atoms with Crippen LogP contribution in [0.4, 0.5) is 0 Å². The lowest BCUT2D eigenvalue weighted by atomic mass is 10.1. The zero-order chi connectivity index (χ0) is 12.4. The molecule has 2 heterocycles. The zero-order valence-corrected chi connectivity index (χ0v) is 9.87. The molecular formula is C14H11N3O. The molecule has 18 heavy (non-hydrogen) atoms. The van der Waals surface area contributed by atoms with Crippen LogP contribution in [0.2, 0.25) is 0 Å². The summed E-state index contributed by atoms with van der Waals surface area (Å²) in [7, 11) is 0. The molecule has 3 aromatic rings. The Morgan fingerprint density at radius 1 is 1.00 bits per heavy atom. The van der Waals surface area contributed by atoms with Gasteiger partial charge < -0.3 is 4.52 Å². The number of aromatic nitrogens is 3. The van der Waals surface area contributed by atoms with E-state index in [1.54, 1.807) is 6.20 Å². The van der Waals surface area contributed by atoms with Gasteiger partial charge in [0.1, 0.15) is 5.69 Å². The third-order valence-corrected chi connectivity index (χ3v) is 2.70. The number of benzene rings is 1. The van der Waals surface area contributed by atoms with Crippen LogP contribution in [0.5, 0.6) is 0 Å². The first kappa shape index (κ1) is 10.7. The highest BCUT2D eigenvalue weighted by atomic mass is 16.5. The Hall–Kier alpha value is -2.49. The maximum absolute atomic E-state index is 5.24. The molecule has 88 valence electrons. The first-order chi connectivity index (χ1) is 8.84. The number of pyridine rings is 1. The van der Waals surface area contributed by atoms with Gasteiger partial charge in [-0.2, -0.15) is 4.98 Å². The fourth-order valence-corrected chi connectivity index (χ4v) is 1.75. The van der Waals surface area contributed by atoms with E-state index in [4.69, 9.17) is 4.52 Å². The summed E-state index contributed by atoms with van der Waals surface area (Å²) in [5.74, 6) is 1.03. The van der Waals surface area contributed by atoms with Crippen molar-refractivity contribution in [2.24, 2.45) is 0 Å². The summed E-state index contributed by atoms with van der Waals surface area (Å²) >= 11 is 0. The molecule has 0 saturated carbocycles. The molecule has 4 heteroatoms. The maximum atomic E-state index is 5.24. The minimum atomic E-state index is 0.439. The lowest BCUT2D eigenvalue weighted by Crippen LogP contribution is -1.85. The summed E-state index contributed by atoms with van der Waals surface area (Å²) in [5.41, 5.74) is 2.78. The SMILES string of the molecule is Cc1ccccc1-c1noc(-c2ccccn2)n1. The van der Waals surface area contributed by atoms with E-state index in [0.29, 0.717) is 17.4 Å². The van der Waals surface area contributed by atoms with Crippen molar-refractivity contribution in [1.82, 2.24) is 15.1 Å². The molecule has 0 N–H and O–H groups in total. The van der Waals surface area contributed by atoms with E-state index in [9.17, 15) is 0 Å². The van der Waals surface area contributed by atoms with Gasteiger partial charge in [-0.25, -0.2) is 0 Å². The molecule has 0 spiro atoms. The molecule has 4 nitrogen and oxygen atoms in total. The van der Waals surface area contributed by atoms with Crippen molar-refractivity contribution in [3.63, 3.8) is 0 Å². The van der Waals surface area contributed by atoms with E-state index in [0.717, 1.165) is 11.1 Å². The molecule has 0 aliphatic heterocycles. The molecule has 0 saturated heterocycles. The lowest BCUT2D eigenvalue weighted by Gasteiger charge is -1.97. The topological polar surface area (TPSA) is 51.8 Å². The van der Waals surface area contributed by atoms with Crippen LogP contribution >= 0.6 is 0 Å². The summed E-state index contributed by atoms with van der Waals surface area (Å²) in [4.78, 5) is 8.55. The second kappa shape index (κ2) is 4.41. The van der Waals surface area contributed by atoms with Crippen LogP contribution in [0.15, 0.2) is 53.2 Å². The summed E-state index contributed by atoms with van der Waals surface area (Å²) in [6, 6.07) is 13.5. The van der Waals surface area contributed by atoms with Crippen molar-refractivity contribution in [1.29, 1.82) is 0 Å². The van der Waals surface area contributed by atoms with E-state index in [1.807, 2.05) is 49.4 Å². The molecule has 0 radical (unpaired) electrons. The quantitative estimate of drug-likeness (QED) is 0.687. The predicted octanol–water partition coefficient (Wildman–Crippen LogP) is 3.11. The number of rotatable bonds is 2. The number of hydrogen-bond donors (Lipinski definition) is 0. The van der Waals surface area contributed by atoms with Crippen molar-refractivity contribution in [2.45, 2.75) is 6.92 Å². The van der Waals surface area contributed by atoms with Gasteiger partial charge in [-0.1, -0.05) is 35.5 Å². The second-order valence-electron chi connectivity index (χ2n) is 3.95. The van der Waals surface area contributed by atoms with Crippen LogP contribution in [0.3, 0.4) is 0 Å². The van der Waals surface area contributed by atoms with E-state index < -0.39 is 0 Å². The standard InChI is InChI=1S/C14H11N3O/c1-10-6-2-3-7-11(10)13-16-14(18-17-13)12-8-4-5-9-15-12/h2-9H,1H3. The van der Waals surface area contributed by atoms with Crippen LogP contribution in [-0.4, -0.2) is 15.1 Å². The second-order valence-corrected chi connectivity index (χ2v) is 3.95. The number of nitrogens with zero attached hydrogens (tertiary/aromatic N) is 3. The summed E-state index contributed by atoms with van der Waals surface area (Å²) in [6.07, 6.45) is 1.70. The van der Waals surface area contributed by atoms with Gasteiger partial charge in [-0.3, -0.25) is 4.98 Å². The monoisotopic (exact) mass is 237 g/mol. The van der Waals surface area contributed by atoms with Crippen LogP contribution in [-0.2, 0) is 0 Å². The fraction of sp³-hybridized carbons (Fsp3) is 0.0714. The minimum absolute atomic E-state index is 0.439. The van der Waals surface area contributed by atoms with Crippen LogP contribution in [0.1, 0.15) is 5.56 Å². The molecule has 0 unspecified atom stereocenters. The average Bonchev–Trinajstić information content (AvgIpc) is 2.90. The van der Waals surface area contributed by atoms with E-state index in [2.05, 4.69) is 15.1 Å². The third-order valence-electron chi connectivity index (χ3n) is 2.70. The average molecular weight is 237 g/mol. The van der Waals surface area contributed by atoms with Crippen LogP contribution in [0.25, 0.3) is 23.0 Å². The Labute approximate surface area is 104 Å². The summed E-state index contributed by atoms with van der Waals surface area (Å²) in [5, 5.41) is 4.00. The highest BCUT2D eigenvalue weighted by Gasteiger charge is 2.12. The minimum Gasteiger partial charge on any atom is -0.332 e. The summed E-state index contributed by atoms with van der Waals surface area (Å²) < 4.78 is 5.24. The Balaban J connectivity index is 2.03. The molecule has 0 atom stereocenters. The van der Waals surface area contributed by atoms with Gasteiger partial charge in [0.2, 0.25) is 5.82 Å². The lowest BCUT2D eigenvalue weighted by molar-refractivity contribution is 0.431. The Bertz CT molecular complexity index is 662. The Kier molecular flexibility index (Phi) is 2.61. The van der Waals surface area contributed by atoms with Crippen molar-refractivity contribution in [2.75, 3.05) is 0 Å². The molecule has 0 amide bonds. The van der Waals surface area contributed by atoms with Crippen molar-refractivity contribution in [3.8, 4) is 23.0 Å². The highest BCUT2D eigenvalue weighted by Crippen LogP contribution is 2.22. The van der Waals surface area contributed by atoms with Gasteiger partial charge in [-0.05, 0) is 24.6 Å². The molecule has 0 bridgehead atoms. The van der Waals surface area contributed by atoms with Gasteiger partial charge in [0.05, 0.1) is 0 Å². The molecule has 2 aromatic heterocycles. The molecule has 1 aromatic carbocycles. The largest absolute Gasteiger partial charge is 0.332 e. The Morgan fingerprint density at radius 3 is 2.61 bits per heavy atom. The number of aryl methyl sites for hydroxylation is 1. The third kappa shape index (κ3) is 1.88. The van der Waals surface area contributed by atoms with Gasteiger partial charge in [-0.15, -0.1) is 0 Å². The zero-order valence-electron chi connectivity index (χ0n) is 9.87. The van der Waals surface area contributed by atoms with Gasteiger partial charge in [0.25, 0.3) is 5.89 Å². The molecular weight excluding hydrogens is 226 g/mol. The molecule has 0 aliphatic carbocycles. The molecule has 3 rings (SSSR count). The van der Waals surface area contributed by atoms with Crippen molar-refractivity contribution in [3.05, 3.63) is 54.2 Å². The van der Waals surface area contributed by atoms with Crippen LogP contribution in [0, 0.1) is 6.92 Å². The molecule has 0 fully saturated rings. The maximum Gasteiger partial charge on any atom is 0.276 e. The van der Waals surface area contributed by atoms with E-state index in [-0.39, 0.29) is 0 Å². The van der Waals surface area contributed by atoms with Crippen molar-refractivity contribution < 1.29 is 4.52 Å². The van der Waals surface area contributed by atoms with Gasteiger partial charge >= 0.3 is 0 Å².